The molecule has 0 spiro atoms. The third-order valence-electron chi connectivity index (χ3n) is 15.4. The number of fused-ring (bicyclic) bond motifs is 1. The summed E-state index contributed by atoms with van der Waals surface area (Å²) in [5.41, 5.74) is 29.2. The van der Waals surface area contributed by atoms with E-state index in [1.165, 1.54) is 19.6 Å². The number of carboxylic acid groups (broad SMARTS) is 1. The maximum atomic E-state index is 15.1. The number of likely N-dealkylation sites (tertiary alicyclic amines) is 2. The number of benzene rings is 2. The first-order chi connectivity index (χ1) is 39.8. The van der Waals surface area contributed by atoms with Crippen molar-refractivity contribution < 1.29 is 53.1 Å². The maximum absolute atomic E-state index is 15.1. The van der Waals surface area contributed by atoms with E-state index in [4.69, 9.17) is 28.7 Å². The van der Waals surface area contributed by atoms with Gasteiger partial charge < -0.3 is 80.0 Å². The van der Waals surface area contributed by atoms with Crippen LogP contribution in [0.2, 0.25) is 0 Å². The Morgan fingerprint density at radius 1 is 0.663 bits per heavy atom. The van der Waals surface area contributed by atoms with Crippen molar-refractivity contribution in [3.8, 4) is 0 Å². The first-order valence-electron chi connectivity index (χ1n) is 28.7. The normalized spacial score (nSPS) is 21.0. The lowest BCUT2D eigenvalue weighted by atomic mass is 10.00. The van der Waals surface area contributed by atoms with Crippen LogP contribution in [0.5, 0.6) is 0 Å². The van der Waals surface area contributed by atoms with Crippen LogP contribution in [0.1, 0.15) is 101 Å². The number of nitrogens with zero attached hydrogens (tertiary/aromatic N) is 6. The lowest BCUT2D eigenvalue weighted by Gasteiger charge is -2.37. The van der Waals surface area contributed by atoms with Crippen LogP contribution in [0.4, 0.5) is 0 Å². The molecule has 4 aliphatic rings. The van der Waals surface area contributed by atoms with Gasteiger partial charge in [-0.25, -0.2) is 4.79 Å². The number of rotatable bonds is 24. The summed E-state index contributed by atoms with van der Waals surface area (Å²) in [4.78, 5) is 153. The van der Waals surface area contributed by atoms with Gasteiger partial charge in [-0.05, 0) is 94.6 Å². The molecule has 0 radical (unpaired) electrons. The molecule has 8 atom stereocenters. The molecule has 27 nitrogen and oxygen atoms in total. The minimum Gasteiger partial charge on any atom is -0.480 e. The zero-order valence-corrected chi connectivity index (χ0v) is 47.0. The van der Waals surface area contributed by atoms with E-state index in [2.05, 4.69) is 36.6 Å². The molecule has 6 rings (SSSR count). The Bertz CT molecular complexity index is 2650. The van der Waals surface area contributed by atoms with E-state index in [1.807, 2.05) is 0 Å². The van der Waals surface area contributed by atoms with Gasteiger partial charge in [-0.3, -0.25) is 53.1 Å². The third kappa shape index (κ3) is 18.8. The van der Waals surface area contributed by atoms with Gasteiger partial charge in [0.2, 0.25) is 53.2 Å². The average molecular weight is 1160 g/mol. The average Bonchev–Trinajstić information content (AvgIpc) is 4.14. The molecule has 9 amide bonds. The highest BCUT2D eigenvalue weighted by Crippen LogP contribution is 2.27. The number of amides is 9. The van der Waals surface area contributed by atoms with Crippen LogP contribution in [-0.2, 0) is 60.8 Å². The van der Waals surface area contributed by atoms with Gasteiger partial charge in [-0.15, -0.1) is 0 Å². The van der Waals surface area contributed by atoms with E-state index >= 15 is 4.79 Å². The zero-order valence-electron chi connectivity index (χ0n) is 47.0. The van der Waals surface area contributed by atoms with E-state index in [9.17, 15) is 48.3 Å². The SMILES string of the molecule is NC(N)=NCCC[C@H](NC(=O)[C@H](Cc1ccccc1)N1CCC(=O)NCCCC[C@H](NC(=O)[C@H](Cc2ccccc2)NC(=O)CNC(=O)[C@@H]2CCCN2C(=O)[C@@H]2CCCN2C(=O)[C@@H](N)CCCN=C(N)N)C(=O)N2CCC[C@H]2C1=O)C(=O)O. The van der Waals surface area contributed by atoms with Crippen LogP contribution in [0.25, 0.3) is 0 Å². The third-order valence-corrected chi connectivity index (χ3v) is 15.4. The molecule has 4 saturated heterocycles. The molecule has 83 heavy (non-hydrogen) atoms. The molecule has 2 aromatic carbocycles. The summed E-state index contributed by atoms with van der Waals surface area (Å²) >= 11 is 0. The molecule has 4 aliphatic heterocycles. The summed E-state index contributed by atoms with van der Waals surface area (Å²) in [5.74, 6) is -6.83. The molecule has 2 aromatic rings. The summed E-state index contributed by atoms with van der Waals surface area (Å²) in [6.45, 7) is 0.461. The number of carbonyl (C=O) groups excluding carboxylic acids is 9. The number of nitrogens with two attached hydrogens (primary N) is 5. The Morgan fingerprint density at radius 3 is 1.93 bits per heavy atom. The predicted molar refractivity (Wildman–Crippen MR) is 306 cm³/mol. The minimum atomic E-state index is -1.39. The van der Waals surface area contributed by atoms with Crippen LogP contribution in [0, 0.1) is 0 Å². The molecule has 0 saturated carbocycles. The van der Waals surface area contributed by atoms with Crippen molar-refractivity contribution >= 4 is 71.1 Å². The Labute approximate surface area is 482 Å². The number of guanidine groups is 2. The second-order valence-corrected chi connectivity index (χ2v) is 21.4. The lowest BCUT2D eigenvalue weighted by Crippen LogP contribution is -2.60. The summed E-state index contributed by atoms with van der Waals surface area (Å²) in [7, 11) is 0. The maximum Gasteiger partial charge on any atom is 0.326 e. The number of nitrogens with one attached hydrogen (secondary N) is 5. The fourth-order valence-corrected chi connectivity index (χ4v) is 11.1. The molecule has 0 aromatic heterocycles. The van der Waals surface area contributed by atoms with E-state index in [0.717, 1.165) is 0 Å². The van der Waals surface area contributed by atoms with Crippen molar-refractivity contribution in [2.24, 2.45) is 38.7 Å². The summed E-state index contributed by atoms with van der Waals surface area (Å²) < 4.78 is 0. The Kier molecular flexibility index (Phi) is 24.4. The van der Waals surface area contributed by atoms with Crippen molar-refractivity contribution in [2.75, 3.05) is 52.4 Å². The van der Waals surface area contributed by atoms with Gasteiger partial charge in [-0.1, -0.05) is 60.7 Å². The van der Waals surface area contributed by atoms with Crippen LogP contribution < -0.4 is 55.3 Å². The largest absolute Gasteiger partial charge is 0.480 e. The molecule has 0 bridgehead atoms. The summed E-state index contributed by atoms with van der Waals surface area (Å²) in [5, 5.41) is 23.8. The quantitative estimate of drug-likeness (QED) is 0.0292. The van der Waals surface area contributed by atoms with E-state index in [0.29, 0.717) is 82.0 Å². The van der Waals surface area contributed by atoms with Crippen molar-refractivity contribution in [2.45, 2.75) is 151 Å². The predicted octanol–water partition coefficient (Wildman–Crippen LogP) is -2.58. The van der Waals surface area contributed by atoms with Gasteiger partial charge in [0.25, 0.3) is 0 Å². The topological polar surface area (TPSA) is 419 Å². The van der Waals surface area contributed by atoms with Gasteiger partial charge in [0, 0.05) is 65.1 Å². The number of hydrogen-bond acceptors (Lipinski definition) is 13. The monoisotopic (exact) mass is 1150 g/mol. The molecule has 452 valence electrons. The molecular formula is C56H82N16O11. The van der Waals surface area contributed by atoms with Gasteiger partial charge >= 0.3 is 5.97 Å². The number of aliphatic imine (C=N–C) groups is 2. The number of aliphatic carboxylic acids is 1. The minimum absolute atomic E-state index is 0.0234. The second kappa shape index (κ2) is 31.7. The molecule has 27 heteroatoms. The molecular weight excluding hydrogens is 1070 g/mol. The Balaban J connectivity index is 1.16. The van der Waals surface area contributed by atoms with Crippen LogP contribution in [0.15, 0.2) is 70.6 Å². The highest BCUT2D eigenvalue weighted by molar-refractivity contribution is 5.98. The van der Waals surface area contributed by atoms with Crippen molar-refractivity contribution in [3.63, 3.8) is 0 Å². The molecule has 4 heterocycles. The van der Waals surface area contributed by atoms with Gasteiger partial charge in [-0.2, -0.15) is 0 Å². The molecule has 0 aliphatic carbocycles. The Morgan fingerprint density at radius 2 is 1.28 bits per heavy atom. The molecule has 16 N–H and O–H groups in total. The lowest BCUT2D eigenvalue weighted by molar-refractivity contribution is -0.150. The van der Waals surface area contributed by atoms with Crippen LogP contribution >= 0.6 is 0 Å². The first-order valence-corrected chi connectivity index (χ1v) is 28.7. The summed E-state index contributed by atoms with van der Waals surface area (Å²) in [6.07, 6.45) is 3.80. The van der Waals surface area contributed by atoms with Gasteiger partial charge in [0.15, 0.2) is 11.9 Å². The van der Waals surface area contributed by atoms with Crippen LogP contribution in [-0.4, -0.2) is 196 Å². The Hall–Kier alpha value is -8.36. The van der Waals surface area contributed by atoms with E-state index < -0.39 is 102 Å². The van der Waals surface area contributed by atoms with E-state index in [-0.39, 0.29) is 101 Å². The van der Waals surface area contributed by atoms with Crippen molar-refractivity contribution in [3.05, 3.63) is 71.8 Å². The van der Waals surface area contributed by atoms with Crippen LogP contribution in [0.3, 0.4) is 0 Å². The highest BCUT2D eigenvalue weighted by atomic mass is 16.4. The molecule has 0 unspecified atom stereocenters. The fraction of sp³-hybridized carbons (Fsp3) is 0.571. The number of carboxylic acids is 1. The fourth-order valence-electron chi connectivity index (χ4n) is 11.1. The standard InChI is InChI=1S/C56H82N16O11/c57-37(18-9-26-63-55(58)59)50(78)70-29-12-22-42(70)52(80)69-28-11-21-41(69)48(76)65-34-46(74)66-40(32-35-14-3-1-4-15-35)47(75)67-38-19-7-8-25-62-45(73)24-31-72(53(81)43-23-13-30-71(43)51(38)79)44(33-36-16-5-2-6-17-36)49(77)68-39(54(82)83)20-10-27-64-56(60)61/h1-6,14-17,37-44H,7-13,18-34,57H2,(H,62,73)(H,65,76)(H,66,74)(H,67,75)(H,68,77)(H,82,83)(H4,58,59,63)(H4,60,61,64)/t37-,38-,39-,40-,41-,42-,43-,44-/m0/s1. The van der Waals surface area contributed by atoms with Gasteiger partial charge in [0.1, 0.15) is 42.3 Å². The van der Waals surface area contributed by atoms with Gasteiger partial charge in [0.05, 0.1) is 12.6 Å². The summed E-state index contributed by atoms with van der Waals surface area (Å²) in [6, 6.07) is 8.61. The second-order valence-electron chi connectivity index (χ2n) is 21.4. The van der Waals surface area contributed by atoms with Crippen molar-refractivity contribution in [1.29, 1.82) is 0 Å². The number of hydrogen-bond donors (Lipinski definition) is 11. The number of carbonyl (C=O) groups is 10. The zero-order chi connectivity index (χ0) is 60.0. The molecule has 4 fully saturated rings. The van der Waals surface area contributed by atoms with Crippen molar-refractivity contribution in [1.82, 2.24) is 46.2 Å². The highest BCUT2D eigenvalue weighted by Gasteiger charge is 2.45. The smallest absolute Gasteiger partial charge is 0.326 e. The first kappa shape index (κ1) is 63.8. The van der Waals surface area contributed by atoms with E-state index in [1.54, 1.807) is 60.7 Å².